The van der Waals surface area contributed by atoms with E-state index in [0.717, 1.165) is 11.3 Å². The van der Waals surface area contributed by atoms with Gasteiger partial charge in [0.15, 0.2) is 0 Å². The molecule has 0 saturated heterocycles. The van der Waals surface area contributed by atoms with Crippen LogP contribution in [0.25, 0.3) is 0 Å². The van der Waals surface area contributed by atoms with Crippen LogP contribution in [-0.2, 0) is 11.3 Å². The molecule has 1 aliphatic heterocycles. The van der Waals surface area contributed by atoms with Crippen molar-refractivity contribution in [2.24, 2.45) is 0 Å². The zero-order valence-electron chi connectivity index (χ0n) is 13.3. The van der Waals surface area contributed by atoms with E-state index in [-0.39, 0.29) is 0 Å². The van der Waals surface area contributed by atoms with Gasteiger partial charge in [0.1, 0.15) is 29.4 Å². The van der Waals surface area contributed by atoms with Crippen LogP contribution >= 0.6 is 0 Å². The van der Waals surface area contributed by atoms with Crippen molar-refractivity contribution in [1.82, 2.24) is 0 Å². The van der Waals surface area contributed by atoms with E-state index in [1.54, 1.807) is 39.2 Å². The standard InChI is InChI=1S/C18H18O5/c1-18(2)22-15-6-4-5-14(16(15)17(19)23-18)21-11-12-7-9-13(20-3)10-8-12/h4-10H,11H2,1-3H3. The number of ether oxygens (including phenoxy) is 4. The van der Waals surface area contributed by atoms with Crippen molar-refractivity contribution in [3.8, 4) is 17.2 Å². The summed E-state index contributed by atoms with van der Waals surface area (Å²) in [4.78, 5) is 12.2. The largest absolute Gasteiger partial charge is 0.497 e. The van der Waals surface area contributed by atoms with E-state index < -0.39 is 11.8 Å². The summed E-state index contributed by atoms with van der Waals surface area (Å²) < 4.78 is 21.8. The maximum absolute atomic E-state index is 12.2. The Balaban J connectivity index is 1.80. The summed E-state index contributed by atoms with van der Waals surface area (Å²) in [7, 11) is 1.62. The molecule has 5 nitrogen and oxygen atoms in total. The van der Waals surface area contributed by atoms with Crippen molar-refractivity contribution in [2.75, 3.05) is 7.11 Å². The molecule has 0 bridgehead atoms. The quantitative estimate of drug-likeness (QED) is 0.808. The van der Waals surface area contributed by atoms with Crippen molar-refractivity contribution < 1.29 is 23.7 Å². The second kappa shape index (κ2) is 5.83. The van der Waals surface area contributed by atoms with Gasteiger partial charge >= 0.3 is 5.97 Å². The fraction of sp³-hybridized carbons (Fsp3) is 0.278. The molecule has 5 heteroatoms. The SMILES string of the molecule is COc1ccc(COc2cccc3c2C(=O)OC(C)(C)O3)cc1. The van der Waals surface area contributed by atoms with Crippen LogP contribution in [0.5, 0.6) is 17.2 Å². The summed E-state index contributed by atoms with van der Waals surface area (Å²) in [6, 6.07) is 12.8. The predicted octanol–water partition coefficient (Wildman–Crippen LogP) is 3.56. The molecule has 0 aliphatic carbocycles. The van der Waals surface area contributed by atoms with Crippen molar-refractivity contribution in [2.45, 2.75) is 26.2 Å². The van der Waals surface area contributed by atoms with Gasteiger partial charge in [0.25, 0.3) is 0 Å². The van der Waals surface area contributed by atoms with E-state index in [4.69, 9.17) is 18.9 Å². The number of methoxy groups -OCH3 is 1. The number of hydrogen-bond donors (Lipinski definition) is 0. The fourth-order valence-corrected chi connectivity index (χ4v) is 2.36. The lowest BCUT2D eigenvalue weighted by molar-refractivity contribution is -0.127. The van der Waals surface area contributed by atoms with Gasteiger partial charge in [0.05, 0.1) is 7.11 Å². The normalized spacial score (nSPS) is 15.2. The maximum Gasteiger partial charge on any atom is 0.349 e. The Bertz CT molecular complexity index is 719. The molecule has 0 saturated carbocycles. The van der Waals surface area contributed by atoms with E-state index in [1.807, 2.05) is 24.3 Å². The van der Waals surface area contributed by atoms with Crippen molar-refractivity contribution in [3.05, 3.63) is 53.6 Å². The summed E-state index contributed by atoms with van der Waals surface area (Å²) in [5.41, 5.74) is 1.29. The number of cyclic esters (lactones) is 1. The Labute approximate surface area is 134 Å². The van der Waals surface area contributed by atoms with Gasteiger partial charge in [-0.15, -0.1) is 0 Å². The molecule has 1 aliphatic rings. The average molecular weight is 314 g/mol. The Morgan fingerprint density at radius 2 is 1.78 bits per heavy atom. The van der Waals surface area contributed by atoms with Crippen LogP contribution in [0, 0.1) is 0 Å². The summed E-state index contributed by atoms with van der Waals surface area (Å²) >= 11 is 0. The van der Waals surface area contributed by atoms with E-state index in [9.17, 15) is 4.79 Å². The molecule has 23 heavy (non-hydrogen) atoms. The molecule has 0 aromatic heterocycles. The van der Waals surface area contributed by atoms with E-state index in [2.05, 4.69) is 0 Å². The first-order chi connectivity index (χ1) is 11.0. The summed E-state index contributed by atoms with van der Waals surface area (Å²) in [5, 5.41) is 0. The number of carbonyl (C=O) groups excluding carboxylic acids is 1. The zero-order chi connectivity index (χ0) is 16.4. The molecule has 0 radical (unpaired) electrons. The smallest absolute Gasteiger partial charge is 0.349 e. The third-order valence-corrected chi connectivity index (χ3v) is 3.44. The predicted molar refractivity (Wildman–Crippen MR) is 83.9 cm³/mol. The highest BCUT2D eigenvalue weighted by molar-refractivity contribution is 5.96. The minimum atomic E-state index is -0.974. The molecule has 120 valence electrons. The number of carbonyl (C=O) groups is 1. The number of benzene rings is 2. The van der Waals surface area contributed by atoms with Gasteiger partial charge in [-0.2, -0.15) is 0 Å². The molecule has 0 N–H and O–H groups in total. The molecule has 0 spiro atoms. The minimum Gasteiger partial charge on any atom is -0.497 e. The van der Waals surface area contributed by atoms with Crippen LogP contribution in [0.3, 0.4) is 0 Å². The van der Waals surface area contributed by atoms with Crippen LogP contribution in [0.2, 0.25) is 0 Å². The molecule has 0 atom stereocenters. The van der Waals surface area contributed by atoms with Crippen molar-refractivity contribution in [3.63, 3.8) is 0 Å². The van der Waals surface area contributed by atoms with Gasteiger partial charge in [-0.05, 0) is 29.8 Å². The van der Waals surface area contributed by atoms with Crippen molar-refractivity contribution in [1.29, 1.82) is 0 Å². The Morgan fingerprint density at radius 3 is 2.48 bits per heavy atom. The Morgan fingerprint density at radius 1 is 1.04 bits per heavy atom. The highest BCUT2D eigenvalue weighted by atomic mass is 16.7. The third-order valence-electron chi connectivity index (χ3n) is 3.44. The molecule has 2 aromatic rings. The van der Waals surface area contributed by atoms with E-state index in [0.29, 0.717) is 23.7 Å². The topological polar surface area (TPSA) is 54.0 Å². The molecular formula is C18H18O5. The highest BCUT2D eigenvalue weighted by Crippen LogP contribution is 2.37. The fourth-order valence-electron chi connectivity index (χ4n) is 2.36. The second-order valence-corrected chi connectivity index (χ2v) is 5.66. The van der Waals surface area contributed by atoms with Gasteiger partial charge in [-0.3, -0.25) is 0 Å². The van der Waals surface area contributed by atoms with Gasteiger partial charge < -0.3 is 18.9 Å². The zero-order valence-corrected chi connectivity index (χ0v) is 13.3. The first kappa shape index (κ1) is 15.2. The molecule has 1 heterocycles. The van der Waals surface area contributed by atoms with E-state index in [1.165, 1.54) is 0 Å². The van der Waals surface area contributed by atoms with E-state index >= 15 is 0 Å². The van der Waals surface area contributed by atoms with Gasteiger partial charge in [-0.25, -0.2) is 4.79 Å². The lowest BCUT2D eigenvalue weighted by Gasteiger charge is -2.32. The lowest BCUT2D eigenvalue weighted by atomic mass is 10.1. The number of esters is 1. The first-order valence-corrected chi connectivity index (χ1v) is 7.29. The minimum absolute atomic E-state index is 0.320. The molecule has 0 unspecified atom stereocenters. The van der Waals surface area contributed by atoms with Crippen LogP contribution in [-0.4, -0.2) is 18.9 Å². The third kappa shape index (κ3) is 3.23. The summed E-state index contributed by atoms with van der Waals surface area (Å²) in [6.07, 6.45) is 0. The van der Waals surface area contributed by atoms with Crippen molar-refractivity contribution >= 4 is 5.97 Å². The number of hydrogen-bond acceptors (Lipinski definition) is 5. The number of fused-ring (bicyclic) bond motifs is 1. The molecule has 0 fully saturated rings. The first-order valence-electron chi connectivity index (χ1n) is 7.29. The van der Waals surface area contributed by atoms with Crippen LogP contribution < -0.4 is 14.2 Å². The second-order valence-electron chi connectivity index (χ2n) is 5.66. The Hall–Kier alpha value is -2.69. The monoisotopic (exact) mass is 314 g/mol. The van der Waals surface area contributed by atoms with Crippen LogP contribution in [0.15, 0.2) is 42.5 Å². The molecule has 2 aromatic carbocycles. The highest BCUT2D eigenvalue weighted by Gasteiger charge is 2.36. The summed E-state index contributed by atoms with van der Waals surface area (Å²) in [6.45, 7) is 3.72. The van der Waals surface area contributed by atoms with Gasteiger partial charge in [0, 0.05) is 13.8 Å². The molecular weight excluding hydrogens is 296 g/mol. The van der Waals surface area contributed by atoms with Gasteiger partial charge in [0.2, 0.25) is 5.79 Å². The number of rotatable bonds is 4. The summed E-state index contributed by atoms with van der Waals surface area (Å²) in [5.74, 6) is 0.280. The lowest BCUT2D eigenvalue weighted by Crippen LogP contribution is -2.39. The molecule has 3 rings (SSSR count). The van der Waals surface area contributed by atoms with Gasteiger partial charge in [-0.1, -0.05) is 18.2 Å². The van der Waals surface area contributed by atoms with Crippen LogP contribution in [0.1, 0.15) is 29.8 Å². The van der Waals surface area contributed by atoms with Crippen LogP contribution in [0.4, 0.5) is 0 Å². The maximum atomic E-state index is 12.2. The average Bonchev–Trinajstić information content (AvgIpc) is 2.51. The Kier molecular flexibility index (Phi) is 3.86. The molecule has 0 amide bonds.